The Morgan fingerprint density at radius 2 is 1.44 bits per heavy atom. The molecule has 0 spiro atoms. The molecule has 0 aromatic heterocycles. The van der Waals surface area contributed by atoms with Gasteiger partial charge in [0.25, 0.3) is 0 Å². The molecule has 2 unspecified atom stereocenters. The van der Waals surface area contributed by atoms with Crippen LogP contribution < -0.4 is 0 Å². The van der Waals surface area contributed by atoms with Crippen molar-refractivity contribution in [3.05, 3.63) is 24.3 Å². The second-order valence-electron chi connectivity index (χ2n) is 9.43. The highest BCUT2D eigenvalue weighted by Gasteiger charge is 2.27. The van der Waals surface area contributed by atoms with Gasteiger partial charge in [0.15, 0.2) is 0 Å². The molecule has 2 saturated carbocycles. The maximum absolute atomic E-state index is 2.61. The Balaban J connectivity index is 1.40. The van der Waals surface area contributed by atoms with Crippen LogP contribution in [-0.2, 0) is 0 Å². The Labute approximate surface area is 157 Å². The largest absolute Gasteiger partial charge is 0.0848 e. The van der Waals surface area contributed by atoms with Gasteiger partial charge in [-0.15, -0.1) is 0 Å². The summed E-state index contributed by atoms with van der Waals surface area (Å²) in [4.78, 5) is 0. The van der Waals surface area contributed by atoms with Crippen LogP contribution in [0.2, 0.25) is 0 Å². The fraction of sp³-hybridized carbons (Fsp3) is 0.840. The molecule has 0 radical (unpaired) electrons. The van der Waals surface area contributed by atoms with Crippen molar-refractivity contribution in [2.75, 3.05) is 0 Å². The molecular formula is C25H42. The molecular weight excluding hydrogens is 300 g/mol. The summed E-state index contributed by atoms with van der Waals surface area (Å²) in [6.45, 7) is 4.71. The highest BCUT2D eigenvalue weighted by Crippen LogP contribution is 2.40. The molecule has 142 valence electrons. The zero-order chi connectivity index (χ0) is 17.5. The third-order valence-electron chi connectivity index (χ3n) is 7.73. The van der Waals surface area contributed by atoms with Gasteiger partial charge >= 0.3 is 0 Å². The molecule has 3 aliphatic rings. The molecule has 3 rings (SSSR count). The standard InChI is InChI=1S/C25H42/c1-3-5-21-12-16-24(17-13-21)25-18-14-23(15-19-25)11-10-22-8-6-20(4-2)7-9-22/h10-11,14,18,20-25H,3-9,12-13,15-17,19H2,1-2H3/b11-10+. The zero-order valence-electron chi connectivity index (χ0n) is 17.0. The summed E-state index contributed by atoms with van der Waals surface area (Å²) in [5, 5.41) is 0. The van der Waals surface area contributed by atoms with E-state index in [0.29, 0.717) is 0 Å². The van der Waals surface area contributed by atoms with E-state index in [-0.39, 0.29) is 0 Å². The van der Waals surface area contributed by atoms with Gasteiger partial charge in [-0.1, -0.05) is 70.3 Å². The van der Waals surface area contributed by atoms with Gasteiger partial charge in [0, 0.05) is 0 Å². The minimum Gasteiger partial charge on any atom is -0.0848 e. The average Bonchev–Trinajstić information content (AvgIpc) is 2.68. The Bertz CT molecular complexity index is 415. The zero-order valence-corrected chi connectivity index (χ0v) is 17.0. The van der Waals surface area contributed by atoms with Crippen molar-refractivity contribution in [1.82, 2.24) is 0 Å². The maximum Gasteiger partial charge on any atom is -0.00531 e. The molecule has 0 amide bonds. The van der Waals surface area contributed by atoms with Crippen LogP contribution in [0.4, 0.5) is 0 Å². The van der Waals surface area contributed by atoms with E-state index in [1.165, 1.54) is 83.5 Å². The molecule has 0 aliphatic heterocycles. The molecule has 0 heterocycles. The average molecular weight is 343 g/mol. The Hall–Kier alpha value is -0.520. The molecule has 3 aliphatic carbocycles. The third kappa shape index (κ3) is 5.73. The van der Waals surface area contributed by atoms with Gasteiger partial charge in [-0.25, -0.2) is 0 Å². The summed E-state index contributed by atoms with van der Waals surface area (Å²) < 4.78 is 0. The van der Waals surface area contributed by atoms with Gasteiger partial charge in [-0.3, -0.25) is 0 Å². The van der Waals surface area contributed by atoms with Crippen molar-refractivity contribution in [2.24, 2.45) is 35.5 Å². The lowest BCUT2D eigenvalue weighted by molar-refractivity contribution is 0.207. The molecule has 0 aromatic rings. The molecule has 2 fully saturated rings. The summed E-state index contributed by atoms with van der Waals surface area (Å²) in [6.07, 6.45) is 29.2. The van der Waals surface area contributed by atoms with E-state index in [1.807, 2.05) is 0 Å². The number of hydrogen-bond donors (Lipinski definition) is 0. The first-order chi connectivity index (χ1) is 12.3. The van der Waals surface area contributed by atoms with Crippen LogP contribution in [-0.4, -0.2) is 0 Å². The fourth-order valence-corrected chi connectivity index (χ4v) is 5.82. The van der Waals surface area contributed by atoms with Crippen molar-refractivity contribution in [1.29, 1.82) is 0 Å². The van der Waals surface area contributed by atoms with Gasteiger partial charge in [0.2, 0.25) is 0 Å². The number of allylic oxidation sites excluding steroid dienone is 4. The van der Waals surface area contributed by atoms with E-state index < -0.39 is 0 Å². The first kappa shape index (κ1) is 19.2. The van der Waals surface area contributed by atoms with Gasteiger partial charge in [-0.05, 0) is 86.9 Å². The normalized spacial score (nSPS) is 39.8. The van der Waals surface area contributed by atoms with Crippen LogP contribution in [0.3, 0.4) is 0 Å². The second-order valence-corrected chi connectivity index (χ2v) is 9.43. The monoisotopic (exact) mass is 342 g/mol. The predicted octanol–water partition coefficient (Wildman–Crippen LogP) is 7.95. The summed E-state index contributed by atoms with van der Waals surface area (Å²) in [6, 6.07) is 0. The Morgan fingerprint density at radius 1 is 0.720 bits per heavy atom. The predicted molar refractivity (Wildman–Crippen MR) is 111 cm³/mol. The molecule has 0 N–H and O–H groups in total. The van der Waals surface area contributed by atoms with E-state index >= 15 is 0 Å². The van der Waals surface area contributed by atoms with E-state index in [4.69, 9.17) is 0 Å². The Morgan fingerprint density at radius 3 is 2.04 bits per heavy atom. The topological polar surface area (TPSA) is 0 Å². The van der Waals surface area contributed by atoms with Crippen LogP contribution in [0, 0.1) is 35.5 Å². The van der Waals surface area contributed by atoms with Crippen LogP contribution in [0.5, 0.6) is 0 Å². The van der Waals surface area contributed by atoms with Crippen molar-refractivity contribution in [2.45, 2.75) is 97.3 Å². The quantitative estimate of drug-likeness (QED) is 0.430. The van der Waals surface area contributed by atoms with E-state index in [9.17, 15) is 0 Å². The van der Waals surface area contributed by atoms with Gasteiger partial charge < -0.3 is 0 Å². The molecule has 0 aromatic carbocycles. The summed E-state index contributed by atoms with van der Waals surface area (Å²) in [5.41, 5.74) is 0. The smallest absolute Gasteiger partial charge is 0.00531 e. The van der Waals surface area contributed by atoms with E-state index in [2.05, 4.69) is 38.2 Å². The van der Waals surface area contributed by atoms with E-state index in [0.717, 1.165) is 35.5 Å². The lowest BCUT2D eigenvalue weighted by Gasteiger charge is -2.34. The van der Waals surface area contributed by atoms with Crippen LogP contribution in [0.15, 0.2) is 24.3 Å². The molecule has 2 atom stereocenters. The minimum atomic E-state index is 0.733. The summed E-state index contributed by atoms with van der Waals surface area (Å²) in [5.74, 6) is 5.57. The summed E-state index contributed by atoms with van der Waals surface area (Å²) >= 11 is 0. The fourth-order valence-electron chi connectivity index (χ4n) is 5.82. The second kappa shape index (κ2) is 9.98. The van der Waals surface area contributed by atoms with Crippen LogP contribution >= 0.6 is 0 Å². The summed E-state index contributed by atoms with van der Waals surface area (Å²) in [7, 11) is 0. The molecule has 25 heavy (non-hydrogen) atoms. The Kier molecular flexibility index (Phi) is 7.68. The first-order valence-corrected chi connectivity index (χ1v) is 11.6. The molecule has 0 nitrogen and oxygen atoms in total. The van der Waals surface area contributed by atoms with Gasteiger partial charge in [0.05, 0.1) is 0 Å². The SMILES string of the molecule is CCCC1CCC(C2C=CC(/C=C/C3CCC(CC)CC3)CC2)CC1. The number of rotatable bonds is 6. The maximum atomic E-state index is 2.61. The first-order valence-electron chi connectivity index (χ1n) is 11.6. The minimum absolute atomic E-state index is 0.733. The molecule has 0 heteroatoms. The lowest BCUT2D eigenvalue weighted by Crippen LogP contribution is -2.23. The number of hydrogen-bond acceptors (Lipinski definition) is 0. The van der Waals surface area contributed by atoms with Crippen molar-refractivity contribution < 1.29 is 0 Å². The van der Waals surface area contributed by atoms with Gasteiger partial charge in [-0.2, -0.15) is 0 Å². The lowest BCUT2D eigenvalue weighted by atomic mass is 9.71. The highest BCUT2D eigenvalue weighted by molar-refractivity contribution is 5.08. The molecule has 0 bridgehead atoms. The van der Waals surface area contributed by atoms with Crippen molar-refractivity contribution in [3.63, 3.8) is 0 Å². The van der Waals surface area contributed by atoms with Crippen molar-refractivity contribution in [3.8, 4) is 0 Å². The van der Waals surface area contributed by atoms with Crippen LogP contribution in [0.1, 0.15) is 97.3 Å². The highest BCUT2D eigenvalue weighted by atomic mass is 14.3. The van der Waals surface area contributed by atoms with E-state index in [1.54, 1.807) is 0 Å². The van der Waals surface area contributed by atoms with Crippen molar-refractivity contribution >= 4 is 0 Å². The van der Waals surface area contributed by atoms with Crippen LogP contribution in [0.25, 0.3) is 0 Å². The molecule has 0 saturated heterocycles. The third-order valence-corrected chi connectivity index (χ3v) is 7.73. The van der Waals surface area contributed by atoms with Gasteiger partial charge in [0.1, 0.15) is 0 Å².